The van der Waals surface area contributed by atoms with Crippen molar-refractivity contribution in [1.29, 1.82) is 0 Å². The zero-order chi connectivity index (χ0) is 12.3. The monoisotopic (exact) mass is 237 g/mol. The van der Waals surface area contributed by atoms with Crippen molar-refractivity contribution in [3.05, 3.63) is 35.6 Å². The summed E-state index contributed by atoms with van der Waals surface area (Å²) in [6.07, 6.45) is 2.98. The van der Waals surface area contributed by atoms with Crippen LogP contribution in [0.25, 0.3) is 0 Å². The van der Waals surface area contributed by atoms with Crippen LogP contribution in [0, 0.1) is 11.7 Å². The van der Waals surface area contributed by atoms with Gasteiger partial charge in [-0.1, -0.05) is 12.1 Å². The van der Waals surface area contributed by atoms with Gasteiger partial charge in [0.1, 0.15) is 5.82 Å². The van der Waals surface area contributed by atoms with E-state index < -0.39 is 5.60 Å². The number of aliphatic hydroxyl groups is 1. The van der Waals surface area contributed by atoms with Crippen LogP contribution in [0.5, 0.6) is 0 Å². The zero-order valence-electron chi connectivity index (χ0n) is 10.2. The van der Waals surface area contributed by atoms with Crippen LogP contribution in [0.4, 0.5) is 4.39 Å². The van der Waals surface area contributed by atoms with Crippen LogP contribution in [0.3, 0.4) is 0 Å². The van der Waals surface area contributed by atoms with Crippen LogP contribution >= 0.6 is 0 Å². The first-order valence-corrected chi connectivity index (χ1v) is 6.27. The molecule has 0 bridgehead atoms. The molecule has 1 aliphatic rings. The minimum Gasteiger partial charge on any atom is -0.385 e. The number of nitrogens with one attached hydrogen (secondary N) is 1. The predicted molar refractivity (Wildman–Crippen MR) is 66.2 cm³/mol. The molecule has 17 heavy (non-hydrogen) atoms. The van der Waals surface area contributed by atoms with E-state index in [9.17, 15) is 9.50 Å². The van der Waals surface area contributed by atoms with E-state index in [1.165, 1.54) is 12.1 Å². The number of benzene rings is 1. The normalized spacial score (nSPS) is 24.3. The molecule has 0 saturated carbocycles. The van der Waals surface area contributed by atoms with Gasteiger partial charge >= 0.3 is 0 Å². The molecule has 2 nitrogen and oxygen atoms in total. The summed E-state index contributed by atoms with van der Waals surface area (Å²) in [6.45, 7) is 3.79. The third-order valence-corrected chi connectivity index (χ3v) is 3.53. The molecule has 1 aliphatic heterocycles. The quantitative estimate of drug-likeness (QED) is 0.846. The van der Waals surface area contributed by atoms with Crippen molar-refractivity contribution in [3.8, 4) is 0 Å². The van der Waals surface area contributed by atoms with Crippen LogP contribution in [-0.4, -0.2) is 18.2 Å². The highest BCUT2D eigenvalue weighted by Gasteiger charge is 2.28. The number of piperidine rings is 1. The first-order chi connectivity index (χ1) is 8.08. The Kier molecular flexibility index (Phi) is 3.79. The number of hydrogen-bond acceptors (Lipinski definition) is 2. The Morgan fingerprint density at radius 3 is 3.00 bits per heavy atom. The highest BCUT2D eigenvalue weighted by molar-refractivity contribution is 5.22. The Bertz CT molecular complexity index is 372. The maximum Gasteiger partial charge on any atom is 0.123 e. The fraction of sp³-hybridized carbons (Fsp3) is 0.571. The van der Waals surface area contributed by atoms with Gasteiger partial charge in [-0.3, -0.25) is 0 Å². The minimum absolute atomic E-state index is 0.287. The molecular formula is C14H20FNO. The fourth-order valence-corrected chi connectivity index (χ4v) is 2.60. The highest BCUT2D eigenvalue weighted by atomic mass is 19.1. The molecule has 1 aromatic carbocycles. The summed E-state index contributed by atoms with van der Waals surface area (Å²) in [4.78, 5) is 0. The molecule has 1 saturated heterocycles. The van der Waals surface area contributed by atoms with Gasteiger partial charge in [0.25, 0.3) is 0 Å². The van der Waals surface area contributed by atoms with Gasteiger partial charge in [-0.2, -0.15) is 0 Å². The average Bonchev–Trinajstić information content (AvgIpc) is 2.30. The smallest absolute Gasteiger partial charge is 0.123 e. The molecule has 0 amide bonds. The van der Waals surface area contributed by atoms with E-state index in [4.69, 9.17) is 0 Å². The number of halogens is 1. The first kappa shape index (κ1) is 12.5. The summed E-state index contributed by atoms with van der Waals surface area (Å²) in [7, 11) is 0. The molecule has 3 heteroatoms. The van der Waals surface area contributed by atoms with Gasteiger partial charge in [-0.05, 0) is 62.9 Å². The summed E-state index contributed by atoms with van der Waals surface area (Å²) >= 11 is 0. The Labute approximate surface area is 102 Å². The molecule has 94 valence electrons. The van der Waals surface area contributed by atoms with Crippen molar-refractivity contribution in [2.75, 3.05) is 13.1 Å². The molecule has 0 spiro atoms. The summed E-state index contributed by atoms with van der Waals surface area (Å²) in [6, 6.07) is 6.27. The van der Waals surface area contributed by atoms with Crippen LogP contribution in [0.15, 0.2) is 24.3 Å². The van der Waals surface area contributed by atoms with Gasteiger partial charge in [-0.25, -0.2) is 4.39 Å². The van der Waals surface area contributed by atoms with E-state index in [0.717, 1.165) is 25.9 Å². The lowest BCUT2D eigenvalue weighted by Crippen LogP contribution is -2.35. The van der Waals surface area contributed by atoms with Crippen molar-refractivity contribution in [3.63, 3.8) is 0 Å². The maximum absolute atomic E-state index is 13.2. The third-order valence-electron chi connectivity index (χ3n) is 3.53. The lowest BCUT2D eigenvalue weighted by Gasteiger charge is -2.31. The van der Waals surface area contributed by atoms with Gasteiger partial charge in [0, 0.05) is 0 Å². The Morgan fingerprint density at radius 1 is 1.53 bits per heavy atom. The molecule has 1 fully saturated rings. The topological polar surface area (TPSA) is 32.3 Å². The maximum atomic E-state index is 13.2. The van der Waals surface area contributed by atoms with Gasteiger partial charge in [0.15, 0.2) is 0 Å². The summed E-state index contributed by atoms with van der Waals surface area (Å²) in [5.41, 5.74) is -0.269. The van der Waals surface area contributed by atoms with Crippen LogP contribution in [-0.2, 0) is 5.60 Å². The van der Waals surface area contributed by atoms with Crippen molar-refractivity contribution in [2.45, 2.75) is 31.8 Å². The number of rotatable bonds is 3. The molecule has 2 atom stereocenters. The molecule has 2 N–H and O–H groups in total. The first-order valence-electron chi connectivity index (χ1n) is 6.27. The zero-order valence-corrected chi connectivity index (χ0v) is 10.2. The molecule has 0 aromatic heterocycles. The lowest BCUT2D eigenvalue weighted by atomic mass is 9.83. The van der Waals surface area contributed by atoms with E-state index in [1.807, 2.05) is 0 Å². The second kappa shape index (κ2) is 5.15. The van der Waals surface area contributed by atoms with E-state index in [0.29, 0.717) is 17.9 Å². The molecular weight excluding hydrogens is 217 g/mol. The largest absolute Gasteiger partial charge is 0.385 e. The second-order valence-corrected chi connectivity index (χ2v) is 5.20. The third kappa shape index (κ3) is 3.27. The summed E-state index contributed by atoms with van der Waals surface area (Å²) in [5.74, 6) is 0.187. The van der Waals surface area contributed by atoms with Crippen molar-refractivity contribution >= 4 is 0 Å². The standard InChI is InChI=1S/C14H20FNO/c1-14(17,9-11-4-3-7-16-10-11)12-5-2-6-13(15)8-12/h2,5-6,8,11,16-17H,3-4,7,9-10H2,1H3. The van der Waals surface area contributed by atoms with Crippen LogP contribution in [0.1, 0.15) is 31.7 Å². The second-order valence-electron chi connectivity index (χ2n) is 5.20. The van der Waals surface area contributed by atoms with Crippen molar-refractivity contribution in [2.24, 2.45) is 5.92 Å². The van der Waals surface area contributed by atoms with E-state index in [2.05, 4.69) is 5.32 Å². The van der Waals surface area contributed by atoms with Crippen LogP contribution in [0.2, 0.25) is 0 Å². The summed E-state index contributed by atoms with van der Waals surface area (Å²) < 4.78 is 13.2. The minimum atomic E-state index is -0.939. The molecule has 0 radical (unpaired) electrons. The van der Waals surface area contributed by atoms with Gasteiger partial charge in [0.05, 0.1) is 5.60 Å². The van der Waals surface area contributed by atoms with Crippen molar-refractivity contribution in [1.82, 2.24) is 5.32 Å². The van der Waals surface area contributed by atoms with Gasteiger partial charge in [-0.15, -0.1) is 0 Å². The Balaban J connectivity index is 2.06. The average molecular weight is 237 g/mol. The highest BCUT2D eigenvalue weighted by Crippen LogP contribution is 2.31. The molecule has 1 aromatic rings. The molecule has 2 unspecified atom stereocenters. The Hall–Kier alpha value is -0.930. The van der Waals surface area contributed by atoms with Gasteiger partial charge in [0.2, 0.25) is 0 Å². The molecule has 2 rings (SSSR count). The predicted octanol–water partition coefficient (Wildman–Crippen LogP) is 2.42. The van der Waals surface area contributed by atoms with E-state index >= 15 is 0 Å². The van der Waals surface area contributed by atoms with E-state index in [1.54, 1.807) is 19.1 Å². The SMILES string of the molecule is CC(O)(CC1CCCNC1)c1cccc(F)c1. The van der Waals surface area contributed by atoms with Gasteiger partial charge < -0.3 is 10.4 Å². The van der Waals surface area contributed by atoms with Crippen LogP contribution < -0.4 is 5.32 Å². The molecule has 1 heterocycles. The lowest BCUT2D eigenvalue weighted by molar-refractivity contribution is 0.0257. The Morgan fingerprint density at radius 2 is 2.35 bits per heavy atom. The summed E-state index contributed by atoms with van der Waals surface area (Å²) in [5, 5.41) is 13.8. The van der Waals surface area contributed by atoms with Crippen molar-refractivity contribution < 1.29 is 9.50 Å². The number of hydrogen-bond donors (Lipinski definition) is 2. The molecule has 0 aliphatic carbocycles. The van der Waals surface area contributed by atoms with E-state index in [-0.39, 0.29) is 5.82 Å². The fourth-order valence-electron chi connectivity index (χ4n) is 2.60.